The summed E-state index contributed by atoms with van der Waals surface area (Å²) in [6.45, 7) is 12.9. The number of fused-ring (bicyclic) bond motifs is 4. The molecule has 40 heavy (non-hydrogen) atoms. The Morgan fingerprint density at radius 1 is 1.07 bits per heavy atom. The molecule has 4 saturated heterocycles. The summed E-state index contributed by atoms with van der Waals surface area (Å²) in [5.74, 6) is -1.19. The SMILES string of the molecule is C=C(/N=C(\C1=C(C)CN(c2cccc3c2CCC3(F)F)CC1)N1CC2CCC(C1)N2)OCC12CCCN1CCC2. The zero-order valence-electron chi connectivity index (χ0n) is 23.9. The topological polar surface area (TPSA) is 43.3 Å². The third kappa shape index (κ3) is 4.65. The highest BCUT2D eigenvalue weighted by atomic mass is 19.3. The Labute approximate surface area is 237 Å². The second kappa shape index (κ2) is 10.1. The third-order valence-corrected chi connectivity index (χ3v) is 10.5. The number of hydrogen-bond acceptors (Lipinski definition) is 5. The van der Waals surface area contributed by atoms with Crippen LogP contribution in [0.1, 0.15) is 69.4 Å². The lowest BCUT2D eigenvalue weighted by molar-refractivity contribution is -0.00183. The van der Waals surface area contributed by atoms with Crippen molar-refractivity contribution in [2.75, 3.05) is 50.8 Å². The van der Waals surface area contributed by atoms with Gasteiger partial charge in [0.25, 0.3) is 5.92 Å². The Kier molecular flexibility index (Phi) is 6.69. The van der Waals surface area contributed by atoms with Gasteiger partial charge in [-0.15, -0.1) is 0 Å². The molecule has 0 spiro atoms. The van der Waals surface area contributed by atoms with Crippen molar-refractivity contribution in [3.05, 3.63) is 52.9 Å². The summed E-state index contributed by atoms with van der Waals surface area (Å²) >= 11 is 0. The molecule has 2 bridgehead atoms. The van der Waals surface area contributed by atoms with E-state index in [0.717, 1.165) is 49.7 Å². The van der Waals surface area contributed by atoms with Crippen LogP contribution in [0.2, 0.25) is 0 Å². The number of anilines is 1. The molecule has 1 aromatic rings. The molecular formula is C32H43F2N5O. The predicted octanol–water partition coefficient (Wildman–Crippen LogP) is 5.20. The smallest absolute Gasteiger partial charge is 0.273 e. The zero-order valence-corrected chi connectivity index (χ0v) is 23.9. The van der Waals surface area contributed by atoms with Crippen molar-refractivity contribution in [1.82, 2.24) is 15.1 Å². The van der Waals surface area contributed by atoms with E-state index in [1.807, 2.05) is 6.07 Å². The van der Waals surface area contributed by atoms with Gasteiger partial charge >= 0.3 is 0 Å². The van der Waals surface area contributed by atoms with Gasteiger partial charge in [0.15, 0.2) is 0 Å². The number of aliphatic imine (C=N–C) groups is 1. The van der Waals surface area contributed by atoms with Crippen molar-refractivity contribution in [3.8, 4) is 0 Å². The van der Waals surface area contributed by atoms with Gasteiger partial charge in [-0.3, -0.25) is 4.90 Å². The van der Waals surface area contributed by atoms with E-state index in [2.05, 4.69) is 33.5 Å². The normalized spacial score (nSPS) is 29.2. The highest BCUT2D eigenvalue weighted by Crippen LogP contribution is 2.45. The molecule has 0 aromatic heterocycles. The molecule has 5 aliphatic heterocycles. The molecule has 1 N–H and O–H groups in total. The van der Waals surface area contributed by atoms with Crippen LogP contribution in [0.25, 0.3) is 0 Å². The van der Waals surface area contributed by atoms with E-state index in [4.69, 9.17) is 9.73 Å². The molecule has 8 heteroatoms. The Hall–Kier alpha value is -2.45. The van der Waals surface area contributed by atoms with Crippen molar-refractivity contribution in [1.29, 1.82) is 0 Å². The molecule has 6 aliphatic rings. The van der Waals surface area contributed by atoms with Crippen LogP contribution in [-0.4, -0.2) is 79.1 Å². The molecule has 1 aromatic carbocycles. The van der Waals surface area contributed by atoms with Crippen molar-refractivity contribution >= 4 is 11.5 Å². The number of benzene rings is 1. The summed E-state index contributed by atoms with van der Waals surface area (Å²) in [5, 5.41) is 3.75. The average Bonchev–Trinajstić information content (AvgIpc) is 3.69. The minimum atomic E-state index is -2.72. The molecule has 0 amide bonds. The number of halogens is 2. The number of nitrogens with zero attached hydrogens (tertiary/aromatic N) is 4. The fourth-order valence-corrected chi connectivity index (χ4v) is 8.45. The summed E-state index contributed by atoms with van der Waals surface area (Å²) < 4.78 is 35.3. The van der Waals surface area contributed by atoms with Gasteiger partial charge in [0.05, 0.1) is 5.54 Å². The van der Waals surface area contributed by atoms with Crippen LogP contribution in [0.3, 0.4) is 0 Å². The maximum atomic E-state index is 14.5. The van der Waals surface area contributed by atoms with Crippen molar-refractivity contribution in [3.63, 3.8) is 0 Å². The second-order valence-corrected chi connectivity index (χ2v) is 13.0. The van der Waals surface area contributed by atoms with E-state index in [1.54, 1.807) is 12.1 Å². The molecule has 7 rings (SSSR count). The van der Waals surface area contributed by atoms with Crippen molar-refractivity contribution < 1.29 is 13.5 Å². The first-order valence-electron chi connectivity index (χ1n) is 15.4. The Morgan fingerprint density at radius 3 is 2.55 bits per heavy atom. The zero-order chi connectivity index (χ0) is 27.5. The van der Waals surface area contributed by atoms with E-state index < -0.39 is 5.92 Å². The molecular weight excluding hydrogens is 508 g/mol. The standard InChI is InChI=1S/C32H43F2N5O/c1-22-18-37(29-7-3-6-28-27(29)10-14-32(28,33)34)17-11-26(22)30(38-19-24-8-9-25(20-38)36-24)35-23(2)40-21-31-12-4-15-39(31)16-5-13-31/h3,6-7,24-25,36H,2,4-5,8-21H2,1H3/b35-30+. The van der Waals surface area contributed by atoms with Crippen LogP contribution in [0.5, 0.6) is 0 Å². The van der Waals surface area contributed by atoms with Gasteiger partial charge in [0.2, 0.25) is 5.88 Å². The maximum absolute atomic E-state index is 14.5. The van der Waals surface area contributed by atoms with E-state index in [-0.39, 0.29) is 17.5 Å². The number of likely N-dealkylation sites (tertiary alicyclic amines) is 1. The molecule has 0 saturated carbocycles. The lowest BCUT2D eigenvalue weighted by atomic mass is 9.95. The lowest BCUT2D eigenvalue weighted by Crippen LogP contribution is -2.54. The summed E-state index contributed by atoms with van der Waals surface area (Å²) in [6.07, 6.45) is 8.50. The fourth-order valence-electron chi connectivity index (χ4n) is 8.45. The minimum Gasteiger partial charge on any atom is -0.476 e. The fraction of sp³-hybridized carbons (Fsp3) is 0.656. The van der Waals surface area contributed by atoms with Gasteiger partial charge in [-0.2, -0.15) is 4.99 Å². The van der Waals surface area contributed by atoms with E-state index in [1.165, 1.54) is 62.8 Å². The number of rotatable bonds is 6. The first kappa shape index (κ1) is 26.4. The van der Waals surface area contributed by atoms with Crippen LogP contribution in [0.4, 0.5) is 14.5 Å². The molecule has 216 valence electrons. The Balaban J connectivity index is 1.14. The highest BCUT2D eigenvalue weighted by Gasteiger charge is 2.45. The molecule has 6 nitrogen and oxygen atoms in total. The average molecular weight is 552 g/mol. The maximum Gasteiger partial charge on any atom is 0.273 e. The number of hydrogen-bond donors (Lipinski definition) is 1. The molecule has 2 unspecified atom stereocenters. The number of nitrogens with one attached hydrogen (secondary N) is 1. The largest absolute Gasteiger partial charge is 0.476 e. The van der Waals surface area contributed by atoms with Crippen LogP contribution in [-0.2, 0) is 17.1 Å². The molecule has 1 aliphatic carbocycles. The van der Waals surface area contributed by atoms with Crippen LogP contribution >= 0.6 is 0 Å². The van der Waals surface area contributed by atoms with Gasteiger partial charge in [0, 0.05) is 55.9 Å². The summed E-state index contributed by atoms with van der Waals surface area (Å²) in [6, 6.07) is 6.41. The lowest BCUT2D eigenvalue weighted by Gasteiger charge is -2.39. The van der Waals surface area contributed by atoms with E-state index in [9.17, 15) is 8.78 Å². The second-order valence-electron chi connectivity index (χ2n) is 13.0. The first-order chi connectivity index (χ1) is 19.3. The van der Waals surface area contributed by atoms with Crippen LogP contribution in [0.15, 0.2) is 46.8 Å². The van der Waals surface area contributed by atoms with Crippen molar-refractivity contribution in [2.24, 2.45) is 4.99 Å². The molecule has 5 heterocycles. The predicted molar refractivity (Wildman–Crippen MR) is 155 cm³/mol. The minimum absolute atomic E-state index is 0.0868. The number of ether oxygens (including phenoxy) is 1. The van der Waals surface area contributed by atoms with Gasteiger partial charge < -0.3 is 19.9 Å². The summed E-state index contributed by atoms with van der Waals surface area (Å²) in [5.41, 5.74) is 4.69. The Bertz CT molecular complexity index is 1220. The van der Waals surface area contributed by atoms with E-state index in [0.29, 0.717) is 31.0 Å². The van der Waals surface area contributed by atoms with E-state index >= 15 is 0 Å². The molecule has 2 atom stereocenters. The highest BCUT2D eigenvalue weighted by molar-refractivity contribution is 6.00. The summed E-state index contributed by atoms with van der Waals surface area (Å²) in [7, 11) is 0. The van der Waals surface area contributed by atoms with Gasteiger partial charge in [-0.1, -0.05) is 12.1 Å². The van der Waals surface area contributed by atoms with Crippen molar-refractivity contribution in [2.45, 2.75) is 88.3 Å². The first-order valence-corrected chi connectivity index (χ1v) is 15.4. The quantitative estimate of drug-likeness (QED) is 0.299. The van der Waals surface area contributed by atoms with Gasteiger partial charge in [-0.25, -0.2) is 8.78 Å². The summed E-state index contributed by atoms with van der Waals surface area (Å²) in [4.78, 5) is 12.5. The monoisotopic (exact) mass is 551 g/mol. The van der Waals surface area contributed by atoms with Crippen LogP contribution in [0, 0.1) is 0 Å². The number of alkyl halides is 2. The molecule has 0 radical (unpaired) electrons. The molecule has 4 fully saturated rings. The Morgan fingerprint density at radius 2 is 1.82 bits per heavy atom. The number of piperazine rings is 1. The van der Waals surface area contributed by atoms with Gasteiger partial charge in [0.1, 0.15) is 12.4 Å². The third-order valence-electron chi connectivity index (χ3n) is 10.5. The van der Waals surface area contributed by atoms with Gasteiger partial charge in [-0.05, 0) is 101 Å². The van der Waals surface area contributed by atoms with Crippen LogP contribution < -0.4 is 10.2 Å². The number of amidine groups is 1.